The maximum absolute atomic E-state index is 12.7. The number of amides is 1. The fraction of sp³-hybridized carbons (Fsp3) is 0.304. The molecule has 0 aliphatic carbocycles. The SMILES string of the molecule is COc1ccccc1OCCN(C)C(=O)c1ccc(Cn2nc(C)c([N+](=O)[O-])c2C)cc1. The Bertz CT molecular complexity index is 1110. The first-order valence-electron chi connectivity index (χ1n) is 10.1. The first-order valence-corrected chi connectivity index (χ1v) is 10.1. The van der Waals surface area contributed by atoms with Gasteiger partial charge in [-0.3, -0.25) is 19.6 Å². The lowest BCUT2D eigenvalue weighted by molar-refractivity contribution is -0.386. The summed E-state index contributed by atoms with van der Waals surface area (Å²) in [4.78, 5) is 25.1. The number of carbonyl (C=O) groups is 1. The fourth-order valence-corrected chi connectivity index (χ4v) is 3.38. The molecule has 0 unspecified atom stereocenters. The third-order valence-corrected chi connectivity index (χ3v) is 5.16. The number of aromatic nitrogens is 2. The lowest BCUT2D eigenvalue weighted by atomic mass is 10.1. The van der Waals surface area contributed by atoms with E-state index in [9.17, 15) is 14.9 Å². The summed E-state index contributed by atoms with van der Waals surface area (Å²) in [6.07, 6.45) is 0. The molecule has 9 heteroatoms. The summed E-state index contributed by atoms with van der Waals surface area (Å²) < 4.78 is 12.6. The van der Waals surface area contributed by atoms with E-state index in [1.807, 2.05) is 36.4 Å². The Hall–Kier alpha value is -3.88. The van der Waals surface area contributed by atoms with Gasteiger partial charge in [0.2, 0.25) is 0 Å². The van der Waals surface area contributed by atoms with E-state index in [1.165, 1.54) is 0 Å². The molecule has 0 bridgehead atoms. The molecule has 0 fully saturated rings. The minimum absolute atomic E-state index is 0.0359. The normalized spacial score (nSPS) is 10.6. The molecule has 0 atom stereocenters. The average molecular weight is 438 g/mol. The first-order chi connectivity index (χ1) is 15.3. The van der Waals surface area contributed by atoms with Gasteiger partial charge in [0.05, 0.1) is 25.1 Å². The number of para-hydroxylation sites is 2. The molecule has 0 aliphatic rings. The van der Waals surface area contributed by atoms with Crippen molar-refractivity contribution < 1.29 is 19.2 Å². The standard InChI is InChI=1S/C23H26N4O5/c1-16-22(27(29)30)17(2)26(24-16)15-18-9-11-19(12-10-18)23(28)25(3)13-14-32-21-8-6-5-7-20(21)31-4/h5-12H,13-15H2,1-4H3. The van der Waals surface area contributed by atoms with E-state index < -0.39 is 4.92 Å². The fourth-order valence-electron chi connectivity index (χ4n) is 3.38. The Morgan fingerprint density at radius 2 is 1.78 bits per heavy atom. The second-order valence-corrected chi connectivity index (χ2v) is 7.36. The number of hydrogen-bond donors (Lipinski definition) is 0. The second-order valence-electron chi connectivity index (χ2n) is 7.36. The van der Waals surface area contributed by atoms with Gasteiger partial charge in [0.1, 0.15) is 18.0 Å². The first kappa shape index (κ1) is 22.8. The van der Waals surface area contributed by atoms with Crippen LogP contribution in [0, 0.1) is 24.0 Å². The van der Waals surface area contributed by atoms with Crippen LogP contribution in [0.2, 0.25) is 0 Å². The van der Waals surface area contributed by atoms with Gasteiger partial charge < -0.3 is 14.4 Å². The highest BCUT2D eigenvalue weighted by molar-refractivity contribution is 5.94. The van der Waals surface area contributed by atoms with E-state index in [0.29, 0.717) is 48.1 Å². The number of ether oxygens (including phenoxy) is 2. The highest BCUT2D eigenvalue weighted by atomic mass is 16.6. The van der Waals surface area contributed by atoms with Crippen LogP contribution >= 0.6 is 0 Å². The van der Waals surface area contributed by atoms with Gasteiger partial charge in [-0.15, -0.1) is 0 Å². The summed E-state index contributed by atoms with van der Waals surface area (Å²) in [5.41, 5.74) is 2.37. The number of aryl methyl sites for hydroxylation is 1. The van der Waals surface area contributed by atoms with Crippen molar-refractivity contribution >= 4 is 11.6 Å². The lowest BCUT2D eigenvalue weighted by Gasteiger charge is -2.18. The molecule has 1 amide bonds. The molecule has 0 saturated heterocycles. The molecule has 0 N–H and O–H groups in total. The van der Waals surface area contributed by atoms with Crippen molar-refractivity contribution in [2.45, 2.75) is 20.4 Å². The van der Waals surface area contributed by atoms with E-state index in [-0.39, 0.29) is 11.6 Å². The highest BCUT2D eigenvalue weighted by Gasteiger charge is 2.21. The van der Waals surface area contributed by atoms with Crippen LogP contribution in [0.3, 0.4) is 0 Å². The van der Waals surface area contributed by atoms with Gasteiger partial charge in [-0.05, 0) is 43.7 Å². The second kappa shape index (κ2) is 9.95. The quantitative estimate of drug-likeness (QED) is 0.374. The van der Waals surface area contributed by atoms with Gasteiger partial charge in [-0.25, -0.2) is 0 Å². The molecule has 3 rings (SSSR count). The van der Waals surface area contributed by atoms with Gasteiger partial charge in [-0.1, -0.05) is 24.3 Å². The Morgan fingerprint density at radius 3 is 2.38 bits per heavy atom. The van der Waals surface area contributed by atoms with Crippen molar-refractivity contribution in [3.63, 3.8) is 0 Å². The van der Waals surface area contributed by atoms with Gasteiger partial charge >= 0.3 is 5.69 Å². The van der Waals surface area contributed by atoms with Crippen molar-refractivity contribution in [2.24, 2.45) is 0 Å². The molecular weight excluding hydrogens is 412 g/mol. The largest absolute Gasteiger partial charge is 0.493 e. The number of rotatable bonds is 9. The summed E-state index contributed by atoms with van der Waals surface area (Å²) in [5.74, 6) is 1.15. The Balaban J connectivity index is 1.58. The van der Waals surface area contributed by atoms with Crippen LogP contribution in [-0.4, -0.2) is 52.8 Å². The summed E-state index contributed by atoms with van der Waals surface area (Å²) in [6.45, 7) is 4.43. The zero-order valence-electron chi connectivity index (χ0n) is 18.6. The Labute approximate surface area is 186 Å². The van der Waals surface area contributed by atoms with Crippen molar-refractivity contribution in [2.75, 3.05) is 27.3 Å². The molecule has 168 valence electrons. The number of nitrogens with zero attached hydrogens (tertiary/aromatic N) is 4. The van der Waals surface area contributed by atoms with Crippen molar-refractivity contribution in [3.05, 3.63) is 81.2 Å². The zero-order chi connectivity index (χ0) is 23.3. The Morgan fingerprint density at radius 1 is 1.12 bits per heavy atom. The molecule has 0 radical (unpaired) electrons. The average Bonchev–Trinajstić information content (AvgIpc) is 3.06. The van der Waals surface area contributed by atoms with E-state index in [1.54, 1.807) is 49.7 Å². The maximum Gasteiger partial charge on any atom is 0.312 e. The zero-order valence-corrected chi connectivity index (χ0v) is 18.6. The van der Waals surface area contributed by atoms with Gasteiger partial charge in [-0.2, -0.15) is 5.10 Å². The number of nitro groups is 1. The monoisotopic (exact) mass is 438 g/mol. The highest BCUT2D eigenvalue weighted by Crippen LogP contribution is 2.25. The van der Waals surface area contributed by atoms with Crippen LogP contribution in [0.4, 0.5) is 5.69 Å². The molecule has 32 heavy (non-hydrogen) atoms. The molecule has 1 heterocycles. The molecule has 0 aliphatic heterocycles. The van der Waals surface area contributed by atoms with Crippen molar-refractivity contribution in [3.8, 4) is 11.5 Å². The molecule has 0 saturated carbocycles. The maximum atomic E-state index is 12.7. The molecule has 2 aromatic carbocycles. The van der Waals surface area contributed by atoms with E-state index in [4.69, 9.17) is 9.47 Å². The molecular formula is C23H26N4O5. The predicted molar refractivity (Wildman–Crippen MR) is 119 cm³/mol. The number of methoxy groups -OCH3 is 1. The smallest absolute Gasteiger partial charge is 0.312 e. The molecule has 0 spiro atoms. The molecule has 9 nitrogen and oxygen atoms in total. The number of likely N-dealkylation sites (N-methyl/N-ethyl adjacent to an activating group) is 1. The third-order valence-electron chi connectivity index (χ3n) is 5.16. The van der Waals surface area contributed by atoms with Crippen molar-refractivity contribution in [1.29, 1.82) is 0 Å². The topological polar surface area (TPSA) is 99.7 Å². The van der Waals surface area contributed by atoms with Gasteiger partial charge in [0.15, 0.2) is 11.5 Å². The van der Waals surface area contributed by atoms with Gasteiger partial charge in [0, 0.05) is 12.6 Å². The molecule has 1 aromatic heterocycles. The summed E-state index contributed by atoms with van der Waals surface area (Å²) >= 11 is 0. The summed E-state index contributed by atoms with van der Waals surface area (Å²) in [5, 5.41) is 15.4. The summed E-state index contributed by atoms with van der Waals surface area (Å²) in [7, 11) is 3.30. The van der Waals surface area contributed by atoms with E-state index in [0.717, 1.165) is 5.56 Å². The van der Waals surface area contributed by atoms with Crippen LogP contribution < -0.4 is 9.47 Å². The van der Waals surface area contributed by atoms with E-state index in [2.05, 4.69) is 5.10 Å². The minimum Gasteiger partial charge on any atom is -0.493 e. The number of benzene rings is 2. The van der Waals surface area contributed by atoms with E-state index >= 15 is 0 Å². The molecule has 3 aromatic rings. The lowest BCUT2D eigenvalue weighted by Crippen LogP contribution is -2.30. The third kappa shape index (κ3) is 5.05. The van der Waals surface area contributed by atoms with Crippen LogP contribution in [-0.2, 0) is 6.54 Å². The van der Waals surface area contributed by atoms with Gasteiger partial charge in [0.25, 0.3) is 5.91 Å². The summed E-state index contributed by atoms with van der Waals surface area (Å²) in [6, 6.07) is 14.5. The number of carbonyl (C=O) groups excluding carboxylic acids is 1. The van der Waals surface area contributed by atoms with Crippen LogP contribution in [0.5, 0.6) is 11.5 Å². The number of hydrogen-bond acceptors (Lipinski definition) is 6. The van der Waals surface area contributed by atoms with Crippen LogP contribution in [0.1, 0.15) is 27.3 Å². The Kier molecular flexibility index (Phi) is 7.09. The van der Waals surface area contributed by atoms with Crippen LogP contribution in [0.15, 0.2) is 48.5 Å². The van der Waals surface area contributed by atoms with Crippen molar-refractivity contribution in [1.82, 2.24) is 14.7 Å². The van der Waals surface area contributed by atoms with Crippen LogP contribution in [0.25, 0.3) is 0 Å². The minimum atomic E-state index is -0.413. The predicted octanol–water partition coefficient (Wildman–Crippen LogP) is 3.62.